The monoisotopic (exact) mass is 394 g/mol. The first kappa shape index (κ1) is 19.0. The van der Waals surface area contributed by atoms with Gasteiger partial charge in [0.25, 0.3) is 0 Å². The topological polar surface area (TPSA) is 61.5 Å². The van der Waals surface area contributed by atoms with Crippen molar-refractivity contribution >= 4 is 11.7 Å². The van der Waals surface area contributed by atoms with E-state index in [2.05, 4.69) is 23.2 Å². The van der Waals surface area contributed by atoms with Crippen LogP contribution < -0.4 is 9.64 Å². The van der Waals surface area contributed by atoms with Gasteiger partial charge >= 0.3 is 6.03 Å². The van der Waals surface area contributed by atoms with Crippen LogP contribution >= 0.6 is 0 Å². The summed E-state index contributed by atoms with van der Waals surface area (Å²) in [7, 11) is 1.43. The van der Waals surface area contributed by atoms with Gasteiger partial charge in [-0.2, -0.15) is 5.10 Å². The first-order valence-corrected chi connectivity index (χ1v) is 9.61. The highest BCUT2D eigenvalue weighted by molar-refractivity contribution is 5.94. The molecule has 2 aromatic carbocycles. The number of aromatic amines is 1. The van der Waals surface area contributed by atoms with E-state index in [1.54, 1.807) is 28.1 Å². The minimum Gasteiger partial charge on any atom is -0.494 e. The van der Waals surface area contributed by atoms with Gasteiger partial charge in [-0.1, -0.05) is 19.1 Å². The Morgan fingerprint density at radius 3 is 2.79 bits per heavy atom. The third kappa shape index (κ3) is 3.68. The summed E-state index contributed by atoms with van der Waals surface area (Å²) >= 11 is 0. The third-order valence-electron chi connectivity index (χ3n) is 5.27. The van der Waals surface area contributed by atoms with Crippen LogP contribution in [0.5, 0.6) is 5.75 Å². The number of carbonyl (C=O) groups excluding carboxylic acids is 1. The van der Waals surface area contributed by atoms with E-state index in [9.17, 15) is 9.18 Å². The van der Waals surface area contributed by atoms with E-state index >= 15 is 0 Å². The van der Waals surface area contributed by atoms with Gasteiger partial charge in [0.1, 0.15) is 0 Å². The van der Waals surface area contributed by atoms with Crippen molar-refractivity contribution in [2.75, 3.05) is 25.1 Å². The SMILES string of the molecule is CCc1cc(N2CCN(Cc3ccc(F)c(OC)c3)C2=O)ccc1-c1cn[nH]c1. The van der Waals surface area contributed by atoms with Crippen molar-refractivity contribution in [2.24, 2.45) is 0 Å². The van der Waals surface area contributed by atoms with E-state index in [0.717, 1.165) is 28.8 Å². The van der Waals surface area contributed by atoms with E-state index in [-0.39, 0.29) is 11.8 Å². The number of anilines is 1. The van der Waals surface area contributed by atoms with Crippen LogP contribution in [0, 0.1) is 5.82 Å². The van der Waals surface area contributed by atoms with Gasteiger partial charge in [-0.3, -0.25) is 10.00 Å². The molecule has 2 heterocycles. The first-order chi connectivity index (χ1) is 14.1. The lowest BCUT2D eigenvalue weighted by molar-refractivity contribution is 0.218. The van der Waals surface area contributed by atoms with Crippen LogP contribution in [0.3, 0.4) is 0 Å². The molecule has 0 atom stereocenters. The van der Waals surface area contributed by atoms with Gasteiger partial charge in [-0.25, -0.2) is 9.18 Å². The highest BCUT2D eigenvalue weighted by Gasteiger charge is 2.30. The standard InChI is InChI=1S/C22H23FN4O2/c1-3-16-11-18(5-6-19(16)17-12-24-25-13-17)27-9-8-26(22(27)28)14-15-4-7-20(23)21(10-15)29-2/h4-7,10-13H,3,8-9,14H2,1-2H3,(H,24,25). The van der Waals surface area contributed by atoms with E-state index in [0.29, 0.717) is 19.6 Å². The Labute approximate surface area is 168 Å². The molecule has 1 saturated heterocycles. The fourth-order valence-corrected chi connectivity index (χ4v) is 3.71. The number of aromatic nitrogens is 2. The zero-order chi connectivity index (χ0) is 20.4. The number of aryl methyl sites for hydroxylation is 1. The lowest BCUT2D eigenvalue weighted by Crippen LogP contribution is -2.31. The number of urea groups is 1. The van der Waals surface area contributed by atoms with Crippen LogP contribution in [0.15, 0.2) is 48.8 Å². The highest BCUT2D eigenvalue weighted by atomic mass is 19.1. The molecule has 0 aliphatic carbocycles. The summed E-state index contributed by atoms with van der Waals surface area (Å²) < 4.78 is 18.7. The second-order valence-corrected chi connectivity index (χ2v) is 7.01. The first-order valence-electron chi connectivity index (χ1n) is 9.61. The molecule has 6 nitrogen and oxygen atoms in total. The zero-order valence-electron chi connectivity index (χ0n) is 16.5. The predicted octanol–water partition coefficient (Wildman–Crippen LogP) is 4.23. The Morgan fingerprint density at radius 1 is 1.21 bits per heavy atom. The van der Waals surface area contributed by atoms with Gasteiger partial charge in [0.15, 0.2) is 11.6 Å². The molecule has 0 unspecified atom stereocenters. The average molecular weight is 394 g/mol. The van der Waals surface area contributed by atoms with E-state index < -0.39 is 5.82 Å². The number of H-pyrrole nitrogens is 1. The second-order valence-electron chi connectivity index (χ2n) is 7.01. The van der Waals surface area contributed by atoms with E-state index in [1.165, 1.54) is 18.7 Å². The van der Waals surface area contributed by atoms with Gasteiger partial charge in [0.05, 0.1) is 13.3 Å². The van der Waals surface area contributed by atoms with Gasteiger partial charge in [0, 0.05) is 37.1 Å². The largest absolute Gasteiger partial charge is 0.494 e. The molecule has 1 N–H and O–H groups in total. The van der Waals surface area contributed by atoms with Crippen molar-refractivity contribution < 1.29 is 13.9 Å². The number of rotatable bonds is 6. The maximum atomic E-state index is 13.6. The molecule has 0 spiro atoms. The molecule has 0 saturated carbocycles. The maximum Gasteiger partial charge on any atom is 0.324 e. The fraction of sp³-hybridized carbons (Fsp3) is 0.273. The van der Waals surface area contributed by atoms with Crippen molar-refractivity contribution in [1.82, 2.24) is 15.1 Å². The summed E-state index contributed by atoms with van der Waals surface area (Å²) in [5.41, 5.74) is 5.04. The summed E-state index contributed by atoms with van der Waals surface area (Å²) in [5, 5.41) is 6.87. The van der Waals surface area contributed by atoms with Crippen LogP contribution in [-0.4, -0.2) is 41.3 Å². The number of amides is 2. The molecule has 0 bridgehead atoms. The number of carbonyl (C=O) groups is 1. The number of ether oxygens (including phenoxy) is 1. The van der Waals surface area contributed by atoms with Crippen LogP contribution in [0.1, 0.15) is 18.1 Å². The van der Waals surface area contributed by atoms with Crippen molar-refractivity contribution in [3.8, 4) is 16.9 Å². The van der Waals surface area contributed by atoms with Crippen molar-refractivity contribution in [3.63, 3.8) is 0 Å². The molecule has 0 radical (unpaired) electrons. The Bertz CT molecular complexity index is 1020. The third-order valence-corrected chi connectivity index (χ3v) is 5.27. The molecule has 1 aromatic heterocycles. The fourth-order valence-electron chi connectivity index (χ4n) is 3.71. The number of halogens is 1. The Kier molecular flexibility index (Phi) is 5.20. The minimum atomic E-state index is -0.407. The summed E-state index contributed by atoms with van der Waals surface area (Å²) in [5.74, 6) is -0.219. The predicted molar refractivity (Wildman–Crippen MR) is 110 cm³/mol. The Hall–Kier alpha value is -3.35. The molecule has 150 valence electrons. The molecule has 7 heteroatoms. The molecule has 2 amide bonds. The maximum absolute atomic E-state index is 13.6. The molecule has 1 aliphatic rings. The quantitative estimate of drug-likeness (QED) is 0.681. The number of hydrogen-bond donors (Lipinski definition) is 1. The van der Waals surface area contributed by atoms with Crippen molar-refractivity contribution in [3.05, 3.63) is 65.7 Å². The van der Waals surface area contributed by atoms with Crippen LogP contribution in [0.2, 0.25) is 0 Å². The van der Waals surface area contributed by atoms with Crippen molar-refractivity contribution in [2.45, 2.75) is 19.9 Å². The Balaban J connectivity index is 1.53. The summed E-state index contributed by atoms with van der Waals surface area (Å²) in [4.78, 5) is 16.5. The second kappa shape index (κ2) is 7.95. The van der Waals surface area contributed by atoms with Crippen LogP contribution in [0.25, 0.3) is 11.1 Å². The lowest BCUT2D eigenvalue weighted by atomic mass is 9.99. The zero-order valence-corrected chi connectivity index (χ0v) is 16.5. The molecule has 3 aromatic rings. The number of nitrogens with zero attached hydrogens (tertiary/aromatic N) is 3. The lowest BCUT2D eigenvalue weighted by Gasteiger charge is -2.20. The van der Waals surface area contributed by atoms with Gasteiger partial charge in [0.2, 0.25) is 0 Å². The average Bonchev–Trinajstić information content (AvgIpc) is 3.39. The van der Waals surface area contributed by atoms with Crippen molar-refractivity contribution in [1.29, 1.82) is 0 Å². The number of nitrogens with one attached hydrogen (secondary N) is 1. The smallest absolute Gasteiger partial charge is 0.324 e. The molecule has 1 fully saturated rings. The summed E-state index contributed by atoms with van der Waals surface area (Å²) in [6.07, 6.45) is 4.53. The van der Waals surface area contributed by atoms with Crippen LogP contribution in [-0.2, 0) is 13.0 Å². The number of hydrogen-bond acceptors (Lipinski definition) is 3. The van der Waals surface area contributed by atoms with E-state index in [4.69, 9.17) is 4.74 Å². The number of benzene rings is 2. The normalized spacial score (nSPS) is 14.0. The molecule has 1 aliphatic heterocycles. The number of methoxy groups -OCH3 is 1. The van der Waals surface area contributed by atoms with Crippen LogP contribution in [0.4, 0.5) is 14.9 Å². The molecule has 29 heavy (non-hydrogen) atoms. The Morgan fingerprint density at radius 2 is 2.07 bits per heavy atom. The molecule has 4 rings (SSSR count). The van der Waals surface area contributed by atoms with Gasteiger partial charge in [-0.05, 0) is 47.4 Å². The minimum absolute atomic E-state index is 0.0496. The van der Waals surface area contributed by atoms with E-state index in [1.807, 2.05) is 18.3 Å². The van der Waals surface area contributed by atoms with Gasteiger partial charge < -0.3 is 9.64 Å². The highest BCUT2D eigenvalue weighted by Crippen LogP contribution is 2.30. The summed E-state index contributed by atoms with van der Waals surface area (Å²) in [6, 6.07) is 10.7. The summed E-state index contributed by atoms with van der Waals surface area (Å²) in [6.45, 7) is 3.75. The molecular weight excluding hydrogens is 371 g/mol. The van der Waals surface area contributed by atoms with Gasteiger partial charge in [-0.15, -0.1) is 0 Å². The molecular formula is C22H23FN4O2.